The lowest BCUT2D eigenvalue weighted by Gasteiger charge is -2.24. The van der Waals surface area contributed by atoms with E-state index in [-0.39, 0.29) is 16.9 Å². The van der Waals surface area contributed by atoms with E-state index in [2.05, 4.69) is 49.1 Å². The summed E-state index contributed by atoms with van der Waals surface area (Å²) in [5, 5.41) is 27.9. The summed E-state index contributed by atoms with van der Waals surface area (Å²) in [6, 6.07) is 14.3. The molecule has 0 aliphatic carbocycles. The first-order valence-electron chi connectivity index (χ1n) is 11.5. The molecule has 0 aromatic heterocycles. The van der Waals surface area contributed by atoms with Crippen molar-refractivity contribution in [3.8, 4) is 18.2 Å². The Morgan fingerprint density at radius 1 is 0.939 bits per heavy atom. The van der Waals surface area contributed by atoms with Gasteiger partial charge >= 0.3 is 0 Å². The van der Waals surface area contributed by atoms with E-state index >= 15 is 0 Å². The Kier molecular flexibility index (Phi) is 9.53. The van der Waals surface area contributed by atoms with Gasteiger partial charge in [-0.2, -0.15) is 15.8 Å². The van der Waals surface area contributed by atoms with Crippen LogP contribution in [0, 0.1) is 34.0 Å². The van der Waals surface area contributed by atoms with E-state index in [1.54, 1.807) is 18.2 Å². The molecule has 5 nitrogen and oxygen atoms in total. The van der Waals surface area contributed by atoms with Gasteiger partial charge in [-0.15, -0.1) is 0 Å². The van der Waals surface area contributed by atoms with Crippen LogP contribution in [0.15, 0.2) is 65.0 Å². The van der Waals surface area contributed by atoms with E-state index < -0.39 is 5.60 Å². The molecule has 0 fully saturated rings. The maximum Gasteiger partial charge on any atom is 0.172 e. The van der Waals surface area contributed by atoms with Gasteiger partial charge in [-0.3, -0.25) is 0 Å². The van der Waals surface area contributed by atoms with Gasteiger partial charge in [0.15, 0.2) is 11.3 Å². The van der Waals surface area contributed by atoms with Gasteiger partial charge in [-0.25, -0.2) is 0 Å². The van der Waals surface area contributed by atoms with Crippen LogP contribution >= 0.6 is 0 Å². The SMILES string of the molecule is CCCCN(CCCC)c1ccc(/C=C/C=C/C2=C(C#N)C(=C(C#N)C#N)OC2(C)C)cc1. The lowest BCUT2D eigenvalue weighted by atomic mass is 9.94. The zero-order valence-corrected chi connectivity index (χ0v) is 20.1. The van der Waals surface area contributed by atoms with Gasteiger partial charge < -0.3 is 9.64 Å². The van der Waals surface area contributed by atoms with Gasteiger partial charge in [0.1, 0.15) is 29.4 Å². The number of rotatable bonds is 10. The van der Waals surface area contributed by atoms with Crippen LogP contribution in [0.5, 0.6) is 0 Å². The number of nitrogens with zero attached hydrogens (tertiary/aromatic N) is 4. The van der Waals surface area contributed by atoms with Gasteiger partial charge in [-0.1, -0.05) is 63.1 Å². The molecule has 0 saturated carbocycles. The van der Waals surface area contributed by atoms with Crippen LogP contribution in [0.25, 0.3) is 6.08 Å². The van der Waals surface area contributed by atoms with E-state index in [0.29, 0.717) is 5.57 Å². The minimum Gasteiger partial charge on any atom is -0.480 e. The Labute approximate surface area is 198 Å². The molecule has 0 saturated heterocycles. The highest BCUT2D eigenvalue weighted by Crippen LogP contribution is 2.40. The third-order valence-electron chi connectivity index (χ3n) is 5.55. The number of ether oxygens (including phenoxy) is 1. The van der Waals surface area contributed by atoms with Gasteiger partial charge in [0.2, 0.25) is 0 Å². The average molecular weight is 441 g/mol. The summed E-state index contributed by atoms with van der Waals surface area (Å²) in [6.07, 6.45) is 12.3. The average Bonchev–Trinajstić information content (AvgIpc) is 3.07. The van der Waals surface area contributed by atoms with Crippen LogP contribution < -0.4 is 4.90 Å². The molecule has 5 heteroatoms. The van der Waals surface area contributed by atoms with Crippen LogP contribution in [-0.4, -0.2) is 18.7 Å². The number of nitriles is 3. The molecule has 2 rings (SSSR count). The van der Waals surface area contributed by atoms with E-state index in [1.165, 1.54) is 31.4 Å². The molecule has 1 heterocycles. The quantitative estimate of drug-likeness (QED) is 0.302. The van der Waals surface area contributed by atoms with E-state index in [4.69, 9.17) is 15.3 Å². The molecule has 0 unspecified atom stereocenters. The molecule has 0 atom stereocenters. The Balaban J connectivity index is 2.19. The molecule has 1 aliphatic heterocycles. The third kappa shape index (κ3) is 6.61. The highest BCUT2D eigenvalue weighted by Gasteiger charge is 2.38. The Morgan fingerprint density at radius 2 is 1.52 bits per heavy atom. The smallest absolute Gasteiger partial charge is 0.172 e. The number of hydrogen-bond donors (Lipinski definition) is 0. The Morgan fingerprint density at radius 3 is 2.03 bits per heavy atom. The molecule has 1 aromatic carbocycles. The largest absolute Gasteiger partial charge is 0.480 e. The topological polar surface area (TPSA) is 83.8 Å². The molecule has 33 heavy (non-hydrogen) atoms. The third-order valence-corrected chi connectivity index (χ3v) is 5.55. The molecular weight excluding hydrogens is 408 g/mol. The van der Waals surface area contributed by atoms with Crippen LogP contribution in [0.4, 0.5) is 5.69 Å². The first-order valence-corrected chi connectivity index (χ1v) is 11.5. The van der Waals surface area contributed by atoms with Crippen molar-refractivity contribution < 1.29 is 4.74 Å². The van der Waals surface area contributed by atoms with Crippen molar-refractivity contribution in [3.05, 3.63) is 70.5 Å². The van der Waals surface area contributed by atoms with E-state index in [9.17, 15) is 5.26 Å². The highest BCUT2D eigenvalue weighted by atomic mass is 16.5. The van der Waals surface area contributed by atoms with Crippen LogP contribution in [0.2, 0.25) is 0 Å². The lowest BCUT2D eigenvalue weighted by Crippen LogP contribution is -2.25. The fourth-order valence-corrected chi connectivity index (χ4v) is 3.66. The fourth-order valence-electron chi connectivity index (χ4n) is 3.66. The van der Waals surface area contributed by atoms with Gasteiger partial charge in [0.25, 0.3) is 0 Å². The van der Waals surface area contributed by atoms with Gasteiger partial charge in [-0.05, 0) is 44.4 Å². The highest BCUT2D eigenvalue weighted by molar-refractivity contribution is 5.61. The van der Waals surface area contributed by atoms with Crippen molar-refractivity contribution in [2.45, 2.75) is 59.0 Å². The van der Waals surface area contributed by atoms with Gasteiger partial charge in [0, 0.05) is 24.4 Å². The predicted octanol–water partition coefficient (Wildman–Crippen LogP) is 6.59. The number of anilines is 1. The fraction of sp³-hybridized carbons (Fsp3) is 0.393. The number of unbranched alkanes of at least 4 members (excludes halogenated alkanes) is 2. The first kappa shape index (κ1) is 25.5. The lowest BCUT2D eigenvalue weighted by molar-refractivity contribution is 0.0954. The minimum atomic E-state index is -0.800. The second-order valence-corrected chi connectivity index (χ2v) is 8.44. The predicted molar refractivity (Wildman–Crippen MR) is 133 cm³/mol. The minimum absolute atomic E-state index is 0.0578. The summed E-state index contributed by atoms with van der Waals surface area (Å²) >= 11 is 0. The van der Waals surface area contributed by atoms with Crippen molar-refractivity contribution in [1.29, 1.82) is 15.8 Å². The molecule has 0 radical (unpaired) electrons. The molecule has 1 aliphatic rings. The molecule has 1 aromatic rings. The second-order valence-electron chi connectivity index (χ2n) is 8.44. The molecule has 170 valence electrons. The maximum atomic E-state index is 9.60. The molecule has 0 bridgehead atoms. The summed E-state index contributed by atoms with van der Waals surface area (Å²) < 4.78 is 5.77. The molecule has 0 amide bonds. The summed E-state index contributed by atoms with van der Waals surface area (Å²) in [5.41, 5.74) is 2.22. The zero-order valence-electron chi connectivity index (χ0n) is 20.1. The van der Waals surface area contributed by atoms with Crippen molar-refractivity contribution in [1.82, 2.24) is 0 Å². The standard InChI is InChI=1S/C28H32N4O/c1-5-7-17-32(18-8-6-2)24-15-13-22(14-16-24)11-9-10-12-26-25(21-31)27(23(19-29)20-30)33-28(26,3)4/h9-16H,5-8,17-18H2,1-4H3/b11-9+,12-10+. The summed E-state index contributed by atoms with van der Waals surface area (Å²) in [7, 11) is 0. The van der Waals surface area contributed by atoms with Crippen LogP contribution in [0.1, 0.15) is 58.9 Å². The van der Waals surface area contributed by atoms with Gasteiger partial charge in [0.05, 0.1) is 0 Å². The Bertz CT molecular complexity index is 1040. The molecular formula is C28H32N4O. The monoisotopic (exact) mass is 440 g/mol. The molecule has 0 spiro atoms. The number of allylic oxidation sites excluding steroid dienone is 4. The van der Waals surface area contributed by atoms with Crippen molar-refractivity contribution in [3.63, 3.8) is 0 Å². The second kappa shape index (κ2) is 12.3. The van der Waals surface area contributed by atoms with E-state index in [1.807, 2.05) is 32.1 Å². The summed E-state index contributed by atoms with van der Waals surface area (Å²) in [5.74, 6) is 0.0578. The number of hydrogen-bond acceptors (Lipinski definition) is 5. The molecule has 0 N–H and O–H groups in total. The zero-order chi connectivity index (χ0) is 24.3. The van der Waals surface area contributed by atoms with Crippen LogP contribution in [0.3, 0.4) is 0 Å². The van der Waals surface area contributed by atoms with Crippen molar-refractivity contribution in [2.75, 3.05) is 18.0 Å². The Hall–Kier alpha value is -3.75. The van der Waals surface area contributed by atoms with Crippen molar-refractivity contribution >= 4 is 11.8 Å². The van der Waals surface area contributed by atoms with E-state index in [0.717, 1.165) is 18.7 Å². The number of benzene rings is 1. The van der Waals surface area contributed by atoms with Crippen molar-refractivity contribution in [2.24, 2.45) is 0 Å². The summed E-state index contributed by atoms with van der Waals surface area (Å²) in [6.45, 7) is 10.2. The maximum absolute atomic E-state index is 9.60. The normalized spacial score (nSPS) is 14.8. The first-order chi connectivity index (χ1) is 15.9. The van der Waals surface area contributed by atoms with Crippen LogP contribution in [-0.2, 0) is 4.74 Å². The summed E-state index contributed by atoms with van der Waals surface area (Å²) in [4.78, 5) is 2.46.